The molecule has 0 aromatic heterocycles. The summed E-state index contributed by atoms with van der Waals surface area (Å²) >= 11 is 0. The fourth-order valence-electron chi connectivity index (χ4n) is 3.37. The van der Waals surface area contributed by atoms with Crippen LogP contribution in [0.1, 0.15) is 22.3 Å². The van der Waals surface area contributed by atoms with Crippen molar-refractivity contribution in [2.24, 2.45) is 0 Å². The monoisotopic (exact) mass is 403 g/mol. The fraction of sp³-hybridized carbons (Fsp3) is 0.200. The van der Waals surface area contributed by atoms with E-state index in [1.54, 1.807) is 13.2 Å². The molecule has 0 bridgehead atoms. The molecule has 0 atom stereocenters. The number of carbonyl (C=O) groups is 2. The predicted molar refractivity (Wildman–Crippen MR) is 120 cm³/mol. The van der Waals surface area contributed by atoms with Crippen molar-refractivity contribution in [2.45, 2.75) is 20.8 Å². The van der Waals surface area contributed by atoms with Gasteiger partial charge < -0.3 is 14.8 Å². The third-order valence-electron chi connectivity index (χ3n) is 4.77. The summed E-state index contributed by atoms with van der Waals surface area (Å²) in [6.07, 6.45) is 2.98. The minimum absolute atomic E-state index is 0.340. The minimum Gasteiger partial charge on any atom is -0.497 e. The van der Waals surface area contributed by atoms with Gasteiger partial charge >= 0.3 is 5.97 Å². The van der Waals surface area contributed by atoms with Gasteiger partial charge in [-0.25, -0.2) is 4.79 Å². The summed E-state index contributed by atoms with van der Waals surface area (Å²) in [6, 6.07) is 15.6. The molecule has 0 saturated heterocycles. The van der Waals surface area contributed by atoms with Crippen molar-refractivity contribution in [1.29, 1.82) is 0 Å². The topological polar surface area (TPSA) is 64.6 Å². The van der Waals surface area contributed by atoms with E-state index in [4.69, 9.17) is 9.47 Å². The summed E-state index contributed by atoms with van der Waals surface area (Å²) in [5.41, 5.74) is 4.69. The second-order valence-electron chi connectivity index (χ2n) is 7.24. The van der Waals surface area contributed by atoms with Crippen LogP contribution in [0.5, 0.6) is 5.75 Å². The number of aryl methyl sites for hydroxylation is 3. The Morgan fingerprint density at radius 2 is 1.60 bits per heavy atom. The van der Waals surface area contributed by atoms with Gasteiger partial charge in [0.05, 0.1) is 7.11 Å². The zero-order valence-electron chi connectivity index (χ0n) is 17.6. The summed E-state index contributed by atoms with van der Waals surface area (Å²) < 4.78 is 10.3. The number of benzene rings is 3. The van der Waals surface area contributed by atoms with Crippen LogP contribution in [-0.2, 0) is 14.3 Å². The van der Waals surface area contributed by atoms with Crippen LogP contribution in [-0.4, -0.2) is 25.6 Å². The molecule has 30 heavy (non-hydrogen) atoms. The van der Waals surface area contributed by atoms with Gasteiger partial charge in [0.1, 0.15) is 5.75 Å². The van der Waals surface area contributed by atoms with Crippen molar-refractivity contribution in [3.63, 3.8) is 0 Å². The van der Waals surface area contributed by atoms with Gasteiger partial charge in [-0.15, -0.1) is 0 Å². The average Bonchev–Trinajstić information content (AvgIpc) is 2.72. The quantitative estimate of drug-likeness (QED) is 0.466. The number of amides is 1. The van der Waals surface area contributed by atoms with Crippen LogP contribution in [0.4, 0.5) is 5.69 Å². The first-order valence-electron chi connectivity index (χ1n) is 9.66. The second kappa shape index (κ2) is 9.27. The highest BCUT2D eigenvalue weighted by Gasteiger charge is 2.10. The zero-order valence-corrected chi connectivity index (χ0v) is 17.6. The molecule has 0 spiro atoms. The van der Waals surface area contributed by atoms with E-state index in [0.717, 1.165) is 44.5 Å². The molecule has 0 unspecified atom stereocenters. The molecule has 0 radical (unpaired) electrons. The molecule has 0 aliphatic carbocycles. The van der Waals surface area contributed by atoms with Crippen LogP contribution in [0.2, 0.25) is 0 Å². The molecule has 0 heterocycles. The fourth-order valence-corrected chi connectivity index (χ4v) is 3.37. The smallest absolute Gasteiger partial charge is 0.331 e. The third kappa shape index (κ3) is 5.26. The van der Waals surface area contributed by atoms with Crippen molar-refractivity contribution in [3.8, 4) is 5.75 Å². The van der Waals surface area contributed by atoms with E-state index in [1.807, 2.05) is 69.3 Å². The lowest BCUT2D eigenvalue weighted by Gasteiger charge is -2.12. The normalized spacial score (nSPS) is 10.9. The van der Waals surface area contributed by atoms with Crippen molar-refractivity contribution >= 4 is 34.4 Å². The number of fused-ring (bicyclic) bond motifs is 1. The standard InChI is InChI=1S/C25H25NO4/c1-16-11-17(2)25(18(3)12-16)26-23(27)15-30-24(28)10-6-19-5-7-21-14-22(29-4)9-8-20(21)13-19/h5-14H,15H2,1-4H3,(H,26,27)/b10-6+. The maximum absolute atomic E-state index is 12.2. The lowest BCUT2D eigenvalue weighted by Crippen LogP contribution is -2.21. The molecule has 0 aliphatic rings. The first-order valence-corrected chi connectivity index (χ1v) is 9.66. The van der Waals surface area contributed by atoms with E-state index in [9.17, 15) is 9.59 Å². The zero-order chi connectivity index (χ0) is 21.7. The number of nitrogens with one attached hydrogen (secondary N) is 1. The molecule has 0 saturated carbocycles. The largest absolute Gasteiger partial charge is 0.497 e. The third-order valence-corrected chi connectivity index (χ3v) is 4.77. The number of hydrogen-bond acceptors (Lipinski definition) is 4. The van der Waals surface area contributed by atoms with E-state index in [1.165, 1.54) is 6.08 Å². The Labute approximate surface area is 176 Å². The molecule has 1 amide bonds. The molecule has 5 heteroatoms. The Bertz CT molecular complexity index is 1110. The molecule has 0 fully saturated rings. The number of hydrogen-bond donors (Lipinski definition) is 1. The maximum atomic E-state index is 12.2. The summed E-state index contributed by atoms with van der Waals surface area (Å²) in [6.45, 7) is 5.54. The van der Waals surface area contributed by atoms with Crippen LogP contribution in [0, 0.1) is 20.8 Å². The molecule has 3 rings (SSSR count). The highest BCUT2D eigenvalue weighted by molar-refractivity contribution is 5.96. The van der Waals surface area contributed by atoms with Gasteiger partial charge in [-0.3, -0.25) is 4.79 Å². The van der Waals surface area contributed by atoms with Crippen LogP contribution < -0.4 is 10.1 Å². The van der Waals surface area contributed by atoms with Crippen molar-refractivity contribution in [2.75, 3.05) is 19.0 Å². The number of ether oxygens (including phenoxy) is 2. The SMILES string of the molecule is COc1ccc2cc(/C=C/C(=O)OCC(=O)Nc3c(C)cc(C)cc3C)ccc2c1. The first-order chi connectivity index (χ1) is 14.4. The molecule has 1 N–H and O–H groups in total. The highest BCUT2D eigenvalue weighted by atomic mass is 16.5. The Hall–Kier alpha value is -3.60. The summed E-state index contributed by atoms with van der Waals surface area (Å²) in [5, 5.41) is 4.90. The van der Waals surface area contributed by atoms with E-state index in [0.29, 0.717) is 0 Å². The number of rotatable bonds is 6. The Morgan fingerprint density at radius 1 is 0.933 bits per heavy atom. The predicted octanol–water partition coefficient (Wildman–Crippen LogP) is 4.97. The number of anilines is 1. The first kappa shape index (κ1) is 21.1. The molecular formula is C25H25NO4. The molecule has 154 valence electrons. The molecule has 3 aromatic carbocycles. The summed E-state index contributed by atoms with van der Waals surface area (Å²) in [4.78, 5) is 24.1. The van der Waals surface area contributed by atoms with Crippen molar-refractivity contribution < 1.29 is 19.1 Å². The van der Waals surface area contributed by atoms with E-state index >= 15 is 0 Å². The second-order valence-corrected chi connectivity index (χ2v) is 7.24. The Kier molecular flexibility index (Phi) is 6.52. The van der Waals surface area contributed by atoms with E-state index in [-0.39, 0.29) is 12.5 Å². The summed E-state index contributed by atoms with van der Waals surface area (Å²) in [5.74, 6) is -0.146. The highest BCUT2D eigenvalue weighted by Crippen LogP contribution is 2.23. The number of methoxy groups -OCH3 is 1. The molecular weight excluding hydrogens is 378 g/mol. The average molecular weight is 403 g/mol. The lowest BCUT2D eigenvalue weighted by molar-refractivity contribution is -0.142. The molecule has 3 aromatic rings. The van der Waals surface area contributed by atoms with E-state index in [2.05, 4.69) is 5.32 Å². The summed E-state index contributed by atoms with van der Waals surface area (Å²) in [7, 11) is 1.63. The molecule has 5 nitrogen and oxygen atoms in total. The van der Waals surface area contributed by atoms with Crippen LogP contribution in [0.25, 0.3) is 16.8 Å². The van der Waals surface area contributed by atoms with Gasteiger partial charge in [0.2, 0.25) is 0 Å². The Morgan fingerprint density at radius 3 is 2.30 bits per heavy atom. The molecule has 0 aliphatic heterocycles. The van der Waals surface area contributed by atoms with Gasteiger partial charge in [0, 0.05) is 11.8 Å². The van der Waals surface area contributed by atoms with Crippen LogP contribution in [0.15, 0.2) is 54.6 Å². The lowest BCUT2D eigenvalue weighted by atomic mass is 10.1. The van der Waals surface area contributed by atoms with Gasteiger partial charge in [-0.05, 0) is 72.5 Å². The van der Waals surface area contributed by atoms with Gasteiger partial charge in [0.25, 0.3) is 5.91 Å². The van der Waals surface area contributed by atoms with E-state index < -0.39 is 5.97 Å². The van der Waals surface area contributed by atoms with Gasteiger partial charge in [-0.1, -0.05) is 35.9 Å². The number of carbonyl (C=O) groups excluding carboxylic acids is 2. The van der Waals surface area contributed by atoms with Crippen molar-refractivity contribution in [1.82, 2.24) is 0 Å². The van der Waals surface area contributed by atoms with Crippen LogP contribution >= 0.6 is 0 Å². The maximum Gasteiger partial charge on any atom is 0.331 e. The van der Waals surface area contributed by atoms with Crippen LogP contribution in [0.3, 0.4) is 0 Å². The van der Waals surface area contributed by atoms with Gasteiger partial charge in [-0.2, -0.15) is 0 Å². The van der Waals surface area contributed by atoms with Crippen molar-refractivity contribution in [3.05, 3.63) is 76.9 Å². The minimum atomic E-state index is -0.572. The number of esters is 1. The Balaban J connectivity index is 1.57. The van der Waals surface area contributed by atoms with Gasteiger partial charge in [0.15, 0.2) is 6.61 Å².